The standard InChI is InChI=1S/C18H14ClNO2S2/c1-20-17(21)16(24-18(20)23)10-12-4-8-15(9-5-12)22-11-13-2-6-14(19)7-3-13/h2-10H,11H2,1H3. The van der Waals surface area contributed by atoms with E-state index in [-0.39, 0.29) is 5.91 Å². The molecule has 122 valence electrons. The highest BCUT2D eigenvalue weighted by molar-refractivity contribution is 8.26. The molecule has 0 spiro atoms. The Morgan fingerprint density at radius 1 is 1.17 bits per heavy atom. The lowest BCUT2D eigenvalue weighted by atomic mass is 10.2. The predicted molar refractivity (Wildman–Crippen MR) is 103 cm³/mol. The normalized spacial score (nSPS) is 16.1. The van der Waals surface area contributed by atoms with Gasteiger partial charge in [-0.15, -0.1) is 0 Å². The molecule has 0 bridgehead atoms. The summed E-state index contributed by atoms with van der Waals surface area (Å²) in [6.07, 6.45) is 1.84. The van der Waals surface area contributed by atoms with Crippen molar-refractivity contribution in [3.63, 3.8) is 0 Å². The summed E-state index contributed by atoms with van der Waals surface area (Å²) in [4.78, 5) is 14.1. The molecule has 0 unspecified atom stereocenters. The van der Waals surface area contributed by atoms with Crippen molar-refractivity contribution in [1.29, 1.82) is 0 Å². The van der Waals surface area contributed by atoms with E-state index in [2.05, 4.69) is 0 Å². The zero-order valence-electron chi connectivity index (χ0n) is 12.9. The Morgan fingerprint density at radius 3 is 2.42 bits per heavy atom. The van der Waals surface area contributed by atoms with Crippen LogP contribution in [0.2, 0.25) is 5.02 Å². The molecule has 2 aromatic carbocycles. The van der Waals surface area contributed by atoms with Gasteiger partial charge in [0.25, 0.3) is 5.91 Å². The molecule has 0 N–H and O–H groups in total. The lowest BCUT2D eigenvalue weighted by Crippen LogP contribution is -2.22. The summed E-state index contributed by atoms with van der Waals surface area (Å²) >= 11 is 12.3. The molecule has 6 heteroatoms. The van der Waals surface area contributed by atoms with Crippen LogP contribution in [0.4, 0.5) is 0 Å². The second-order valence-corrected chi connectivity index (χ2v) is 7.34. The van der Waals surface area contributed by atoms with Gasteiger partial charge >= 0.3 is 0 Å². The fraction of sp³-hybridized carbons (Fsp3) is 0.111. The van der Waals surface area contributed by atoms with E-state index in [0.717, 1.165) is 16.9 Å². The first kappa shape index (κ1) is 17.0. The summed E-state index contributed by atoms with van der Waals surface area (Å²) < 4.78 is 6.33. The first-order valence-corrected chi connectivity index (χ1v) is 8.82. The van der Waals surface area contributed by atoms with Crippen molar-refractivity contribution in [3.05, 3.63) is 69.6 Å². The summed E-state index contributed by atoms with van der Waals surface area (Å²) in [5.74, 6) is 0.707. The number of thiocarbonyl (C=S) groups is 1. The van der Waals surface area contributed by atoms with Gasteiger partial charge in [0.2, 0.25) is 0 Å². The maximum atomic E-state index is 12.0. The van der Waals surface area contributed by atoms with Crippen molar-refractivity contribution in [2.45, 2.75) is 6.61 Å². The van der Waals surface area contributed by atoms with E-state index < -0.39 is 0 Å². The number of rotatable bonds is 4. The molecule has 1 heterocycles. The fourth-order valence-corrected chi connectivity index (χ4v) is 3.41. The molecular formula is C18H14ClNO2S2. The van der Waals surface area contributed by atoms with E-state index in [9.17, 15) is 4.79 Å². The number of hydrogen-bond acceptors (Lipinski definition) is 4. The van der Waals surface area contributed by atoms with Crippen LogP contribution in [-0.2, 0) is 11.4 Å². The fourth-order valence-electron chi connectivity index (χ4n) is 2.10. The molecule has 3 rings (SSSR count). The van der Waals surface area contributed by atoms with Gasteiger partial charge in [-0.25, -0.2) is 0 Å². The van der Waals surface area contributed by atoms with Crippen LogP contribution in [0.3, 0.4) is 0 Å². The van der Waals surface area contributed by atoms with Crippen molar-refractivity contribution < 1.29 is 9.53 Å². The lowest BCUT2D eigenvalue weighted by Gasteiger charge is -2.07. The van der Waals surface area contributed by atoms with Crippen LogP contribution in [0.25, 0.3) is 6.08 Å². The molecule has 0 aromatic heterocycles. The third-order valence-electron chi connectivity index (χ3n) is 3.48. The molecule has 1 fully saturated rings. The number of nitrogens with zero attached hydrogens (tertiary/aromatic N) is 1. The number of hydrogen-bond donors (Lipinski definition) is 0. The Labute approximate surface area is 155 Å². The molecule has 2 aromatic rings. The largest absolute Gasteiger partial charge is 0.489 e. The zero-order chi connectivity index (χ0) is 17.1. The van der Waals surface area contributed by atoms with Gasteiger partial charge in [0.1, 0.15) is 16.7 Å². The quantitative estimate of drug-likeness (QED) is 0.569. The summed E-state index contributed by atoms with van der Waals surface area (Å²) in [6.45, 7) is 0.477. The van der Waals surface area contributed by atoms with Crippen LogP contribution in [0, 0.1) is 0 Å². The number of likely N-dealkylation sites (N-methyl/N-ethyl adjacent to an activating group) is 1. The SMILES string of the molecule is CN1C(=O)C(=Cc2ccc(OCc3ccc(Cl)cc3)cc2)SC1=S. The molecular weight excluding hydrogens is 362 g/mol. The van der Waals surface area contributed by atoms with Gasteiger partial charge in [-0.2, -0.15) is 0 Å². The summed E-state index contributed by atoms with van der Waals surface area (Å²) in [5, 5.41) is 0.709. The Bertz CT molecular complexity index is 801. The lowest BCUT2D eigenvalue weighted by molar-refractivity contribution is -0.121. The maximum Gasteiger partial charge on any atom is 0.265 e. The molecule has 1 aliphatic rings. The van der Waals surface area contributed by atoms with Gasteiger partial charge in [-0.05, 0) is 41.5 Å². The van der Waals surface area contributed by atoms with Crippen molar-refractivity contribution in [3.8, 4) is 5.75 Å². The topological polar surface area (TPSA) is 29.5 Å². The van der Waals surface area contributed by atoms with E-state index >= 15 is 0 Å². The van der Waals surface area contributed by atoms with Crippen molar-refractivity contribution in [1.82, 2.24) is 4.90 Å². The Kier molecular flexibility index (Phi) is 5.23. The number of ether oxygens (including phenoxy) is 1. The highest BCUT2D eigenvalue weighted by atomic mass is 35.5. The van der Waals surface area contributed by atoms with Crippen molar-refractivity contribution in [2.75, 3.05) is 7.05 Å². The van der Waals surface area contributed by atoms with Gasteiger partial charge in [0, 0.05) is 12.1 Å². The zero-order valence-corrected chi connectivity index (χ0v) is 15.3. The first-order chi connectivity index (χ1) is 11.5. The van der Waals surface area contributed by atoms with E-state index in [0.29, 0.717) is 20.9 Å². The molecule has 1 saturated heterocycles. The number of carbonyl (C=O) groups excluding carboxylic acids is 1. The summed E-state index contributed by atoms with van der Waals surface area (Å²) in [7, 11) is 1.69. The van der Waals surface area contributed by atoms with E-state index in [1.54, 1.807) is 7.05 Å². The number of thioether (sulfide) groups is 1. The number of benzene rings is 2. The molecule has 3 nitrogen and oxygen atoms in total. The molecule has 0 saturated carbocycles. The third kappa shape index (κ3) is 3.98. The molecule has 1 amide bonds. The van der Waals surface area contributed by atoms with Crippen LogP contribution in [-0.4, -0.2) is 22.2 Å². The van der Waals surface area contributed by atoms with Crippen LogP contribution in [0.1, 0.15) is 11.1 Å². The average Bonchev–Trinajstić information content (AvgIpc) is 2.83. The average molecular weight is 376 g/mol. The minimum Gasteiger partial charge on any atom is -0.489 e. The predicted octanol–water partition coefficient (Wildman–Crippen LogP) is 4.75. The van der Waals surface area contributed by atoms with Crippen molar-refractivity contribution >= 4 is 51.9 Å². The van der Waals surface area contributed by atoms with Crippen LogP contribution < -0.4 is 4.74 Å². The second kappa shape index (κ2) is 7.38. The number of amides is 1. The van der Waals surface area contributed by atoms with Gasteiger partial charge in [-0.3, -0.25) is 9.69 Å². The third-order valence-corrected chi connectivity index (χ3v) is 5.22. The smallest absolute Gasteiger partial charge is 0.265 e. The Morgan fingerprint density at radius 2 is 1.83 bits per heavy atom. The molecule has 0 aliphatic carbocycles. The van der Waals surface area contributed by atoms with E-state index in [1.807, 2.05) is 54.6 Å². The maximum absolute atomic E-state index is 12.0. The van der Waals surface area contributed by atoms with Crippen LogP contribution in [0.5, 0.6) is 5.75 Å². The van der Waals surface area contributed by atoms with Gasteiger partial charge in [-0.1, -0.05) is 59.8 Å². The minimum atomic E-state index is -0.0620. The van der Waals surface area contributed by atoms with Crippen molar-refractivity contribution in [2.24, 2.45) is 0 Å². The monoisotopic (exact) mass is 375 g/mol. The van der Waals surface area contributed by atoms with E-state index in [1.165, 1.54) is 16.7 Å². The first-order valence-electron chi connectivity index (χ1n) is 7.22. The van der Waals surface area contributed by atoms with Crippen LogP contribution >= 0.6 is 35.6 Å². The van der Waals surface area contributed by atoms with Crippen LogP contribution in [0.15, 0.2) is 53.4 Å². The molecule has 24 heavy (non-hydrogen) atoms. The number of carbonyl (C=O) groups is 1. The second-order valence-electron chi connectivity index (χ2n) is 5.22. The molecule has 0 atom stereocenters. The minimum absolute atomic E-state index is 0.0620. The Balaban J connectivity index is 1.64. The number of halogens is 1. The molecule has 0 radical (unpaired) electrons. The Hall–Kier alpha value is -1.82. The van der Waals surface area contributed by atoms with Gasteiger partial charge < -0.3 is 4.74 Å². The summed E-state index contributed by atoms with van der Waals surface area (Å²) in [5.41, 5.74) is 1.98. The van der Waals surface area contributed by atoms with Gasteiger partial charge in [0.05, 0.1) is 4.91 Å². The van der Waals surface area contributed by atoms with Gasteiger partial charge in [0.15, 0.2) is 0 Å². The highest BCUT2D eigenvalue weighted by Gasteiger charge is 2.28. The molecule has 1 aliphatic heterocycles. The van der Waals surface area contributed by atoms with E-state index in [4.69, 9.17) is 28.6 Å². The summed E-state index contributed by atoms with van der Waals surface area (Å²) in [6, 6.07) is 15.1. The highest BCUT2D eigenvalue weighted by Crippen LogP contribution is 2.31.